The molecular formula is C11H17BrN2. The largest absolute Gasteiger partial charge is 0.359 e. The molecule has 1 aromatic rings. The van der Waals surface area contributed by atoms with Crippen LogP contribution in [-0.2, 0) is 0 Å². The van der Waals surface area contributed by atoms with E-state index in [0.29, 0.717) is 5.92 Å². The van der Waals surface area contributed by atoms with Gasteiger partial charge in [-0.05, 0) is 40.4 Å². The molecule has 78 valence electrons. The van der Waals surface area contributed by atoms with Crippen LogP contribution in [0.15, 0.2) is 16.7 Å². The Morgan fingerprint density at radius 2 is 2.14 bits per heavy atom. The van der Waals surface area contributed by atoms with Crippen LogP contribution in [0.4, 0.5) is 5.82 Å². The minimum atomic E-state index is 0.658. The third-order valence-corrected chi connectivity index (χ3v) is 2.89. The van der Waals surface area contributed by atoms with Gasteiger partial charge in [-0.25, -0.2) is 4.98 Å². The first-order valence-electron chi connectivity index (χ1n) is 4.84. The molecule has 0 saturated heterocycles. The molecule has 3 heteroatoms. The van der Waals surface area contributed by atoms with Gasteiger partial charge in [0.2, 0.25) is 0 Å². The van der Waals surface area contributed by atoms with Crippen molar-refractivity contribution in [3.05, 3.63) is 22.3 Å². The van der Waals surface area contributed by atoms with Crippen molar-refractivity contribution in [1.29, 1.82) is 0 Å². The van der Waals surface area contributed by atoms with Crippen molar-refractivity contribution in [2.75, 3.05) is 18.5 Å². The number of rotatable bonds is 3. The monoisotopic (exact) mass is 256 g/mol. The lowest BCUT2D eigenvalue weighted by molar-refractivity contribution is 0.634. The summed E-state index contributed by atoms with van der Waals surface area (Å²) >= 11 is 3.45. The number of halogens is 1. The van der Waals surface area contributed by atoms with E-state index in [0.717, 1.165) is 16.8 Å². The van der Waals surface area contributed by atoms with Gasteiger partial charge in [0.1, 0.15) is 5.82 Å². The van der Waals surface area contributed by atoms with Crippen LogP contribution in [0.25, 0.3) is 0 Å². The molecule has 1 aromatic heterocycles. The maximum absolute atomic E-state index is 4.37. The van der Waals surface area contributed by atoms with Crippen LogP contribution >= 0.6 is 15.9 Å². The van der Waals surface area contributed by atoms with E-state index < -0.39 is 0 Å². The summed E-state index contributed by atoms with van der Waals surface area (Å²) in [7, 11) is 2.08. The quantitative estimate of drug-likeness (QED) is 0.826. The average molecular weight is 257 g/mol. The Bertz CT molecular complexity index is 310. The van der Waals surface area contributed by atoms with Gasteiger partial charge in [0.05, 0.1) is 0 Å². The minimum Gasteiger partial charge on any atom is -0.359 e. The van der Waals surface area contributed by atoms with Gasteiger partial charge in [0.25, 0.3) is 0 Å². The predicted octanol–water partition coefficient (Wildman–Crippen LogP) is 3.24. The fraction of sp³-hybridized carbons (Fsp3) is 0.545. The van der Waals surface area contributed by atoms with Crippen molar-refractivity contribution in [1.82, 2.24) is 4.98 Å². The number of anilines is 1. The highest BCUT2D eigenvalue weighted by atomic mass is 79.9. The summed E-state index contributed by atoms with van der Waals surface area (Å²) in [5, 5.41) is 0. The van der Waals surface area contributed by atoms with E-state index in [1.807, 2.05) is 6.20 Å². The molecular weight excluding hydrogens is 240 g/mol. The molecule has 0 spiro atoms. The van der Waals surface area contributed by atoms with Gasteiger partial charge in [-0.2, -0.15) is 0 Å². The number of aryl methyl sites for hydroxylation is 1. The molecule has 1 rings (SSSR count). The Balaban J connectivity index is 2.80. The number of nitrogens with zero attached hydrogens (tertiary/aromatic N) is 2. The molecule has 0 saturated carbocycles. The molecule has 0 N–H and O–H groups in total. The molecule has 0 aromatic carbocycles. The summed E-state index contributed by atoms with van der Waals surface area (Å²) in [5.41, 5.74) is 1.23. The van der Waals surface area contributed by atoms with E-state index >= 15 is 0 Å². The maximum Gasteiger partial charge on any atom is 0.128 e. The maximum atomic E-state index is 4.37. The predicted molar refractivity (Wildman–Crippen MR) is 64.8 cm³/mol. The summed E-state index contributed by atoms with van der Waals surface area (Å²) in [6.45, 7) is 7.54. The summed E-state index contributed by atoms with van der Waals surface area (Å²) in [4.78, 5) is 6.56. The van der Waals surface area contributed by atoms with Crippen LogP contribution in [0, 0.1) is 12.8 Å². The van der Waals surface area contributed by atoms with Crippen LogP contribution in [0.1, 0.15) is 19.4 Å². The molecule has 0 unspecified atom stereocenters. The molecule has 14 heavy (non-hydrogen) atoms. The van der Waals surface area contributed by atoms with E-state index in [-0.39, 0.29) is 0 Å². The summed E-state index contributed by atoms with van der Waals surface area (Å²) in [5.74, 6) is 1.70. The first-order valence-corrected chi connectivity index (χ1v) is 5.63. The lowest BCUT2D eigenvalue weighted by Crippen LogP contribution is -2.23. The van der Waals surface area contributed by atoms with Crippen LogP contribution in [0.5, 0.6) is 0 Å². The summed E-state index contributed by atoms with van der Waals surface area (Å²) < 4.78 is 1.07. The highest BCUT2D eigenvalue weighted by Gasteiger charge is 2.05. The molecule has 1 heterocycles. The van der Waals surface area contributed by atoms with E-state index in [1.54, 1.807) is 0 Å². The van der Waals surface area contributed by atoms with E-state index in [1.165, 1.54) is 5.56 Å². The van der Waals surface area contributed by atoms with Crippen molar-refractivity contribution in [3.63, 3.8) is 0 Å². The topological polar surface area (TPSA) is 16.1 Å². The fourth-order valence-electron chi connectivity index (χ4n) is 1.37. The third kappa shape index (κ3) is 2.98. The highest BCUT2D eigenvalue weighted by Crippen LogP contribution is 2.19. The third-order valence-electron chi connectivity index (χ3n) is 2.06. The first kappa shape index (κ1) is 11.5. The number of hydrogen-bond donors (Lipinski definition) is 0. The zero-order chi connectivity index (χ0) is 10.7. The van der Waals surface area contributed by atoms with Crippen LogP contribution in [0.2, 0.25) is 0 Å². The smallest absolute Gasteiger partial charge is 0.128 e. The van der Waals surface area contributed by atoms with Gasteiger partial charge in [-0.3, -0.25) is 0 Å². The molecule has 0 fully saturated rings. The second kappa shape index (κ2) is 4.78. The molecule has 0 aliphatic heterocycles. The second-order valence-electron chi connectivity index (χ2n) is 4.07. The van der Waals surface area contributed by atoms with Gasteiger partial charge in [-0.15, -0.1) is 0 Å². The summed E-state index contributed by atoms with van der Waals surface area (Å²) in [6, 6.07) is 2.10. The zero-order valence-corrected chi connectivity index (χ0v) is 10.8. The van der Waals surface area contributed by atoms with Crippen molar-refractivity contribution in [2.45, 2.75) is 20.8 Å². The summed E-state index contributed by atoms with van der Waals surface area (Å²) in [6.07, 6.45) is 1.86. The SMILES string of the molecule is Cc1cc(N(C)CC(C)C)ncc1Br. The average Bonchev–Trinajstić information content (AvgIpc) is 2.08. The Labute approximate surface area is 94.5 Å². The molecule has 0 radical (unpaired) electrons. The Kier molecular flexibility index (Phi) is 3.93. The number of pyridine rings is 1. The van der Waals surface area contributed by atoms with Gasteiger partial charge >= 0.3 is 0 Å². The van der Waals surface area contributed by atoms with Crippen molar-refractivity contribution in [3.8, 4) is 0 Å². The van der Waals surface area contributed by atoms with Crippen molar-refractivity contribution < 1.29 is 0 Å². The molecule has 0 atom stereocenters. The van der Waals surface area contributed by atoms with Gasteiger partial charge in [-0.1, -0.05) is 13.8 Å². The van der Waals surface area contributed by atoms with Gasteiger partial charge < -0.3 is 4.90 Å². The van der Waals surface area contributed by atoms with Crippen molar-refractivity contribution >= 4 is 21.7 Å². The number of aromatic nitrogens is 1. The van der Waals surface area contributed by atoms with Crippen molar-refractivity contribution in [2.24, 2.45) is 5.92 Å². The van der Waals surface area contributed by atoms with Gasteiger partial charge in [0.15, 0.2) is 0 Å². The normalized spacial score (nSPS) is 10.7. The van der Waals surface area contributed by atoms with Crippen LogP contribution in [-0.4, -0.2) is 18.6 Å². The van der Waals surface area contributed by atoms with E-state index in [9.17, 15) is 0 Å². The first-order chi connectivity index (χ1) is 6.50. The number of hydrogen-bond acceptors (Lipinski definition) is 2. The van der Waals surface area contributed by atoms with Crippen LogP contribution < -0.4 is 4.90 Å². The zero-order valence-electron chi connectivity index (χ0n) is 9.21. The minimum absolute atomic E-state index is 0.658. The second-order valence-corrected chi connectivity index (χ2v) is 4.92. The molecule has 2 nitrogen and oxygen atoms in total. The van der Waals surface area contributed by atoms with Crippen LogP contribution in [0.3, 0.4) is 0 Å². The van der Waals surface area contributed by atoms with Gasteiger partial charge in [0, 0.05) is 24.3 Å². The molecule has 0 bridgehead atoms. The molecule has 0 aliphatic rings. The lowest BCUT2D eigenvalue weighted by atomic mass is 10.2. The van der Waals surface area contributed by atoms with E-state index in [4.69, 9.17) is 0 Å². The highest BCUT2D eigenvalue weighted by molar-refractivity contribution is 9.10. The lowest BCUT2D eigenvalue weighted by Gasteiger charge is -2.20. The standard InChI is InChI=1S/C11H17BrN2/c1-8(2)7-14(4)11-5-9(3)10(12)6-13-11/h5-6,8H,7H2,1-4H3. The Hall–Kier alpha value is -0.570. The van der Waals surface area contributed by atoms with E-state index in [2.05, 4.69) is 59.7 Å². The molecule has 0 amide bonds. The Morgan fingerprint density at radius 1 is 1.50 bits per heavy atom. The Morgan fingerprint density at radius 3 is 2.64 bits per heavy atom. The fourth-order valence-corrected chi connectivity index (χ4v) is 1.59. The molecule has 0 aliphatic carbocycles.